The van der Waals surface area contributed by atoms with Gasteiger partial charge in [-0.2, -0.15) is 0 Å². The summed E-state index contributed by atoms with van der Waals surface area (Å²) in [4.78, 5) is 29.9. The minimum atomic E-state index is 0.223. The van der Waals surface area contributed by atoms with Crippen molar-refractivity contribution < 1.29 is 9.59 Å². The van der Waals surface area contributed by atoms with Gasteiger partial charge in [-0.15, -0.1) is 0 Å². The Morgan fingerprint density at radius 3 is 2.57 bits per heavy atom. The maximum absolute atomic E-state index is 13.0. The Balaban J connectivity index is 1.35. The summed E-state index contributed by atoms with van der Waals surface area (Å²) in [6, 6.07) is 10.3. The number of allylic oxidation sites excluding steroid dienone is 1. The van der Waals surface area contributed by atoms with Gasteiger partial charge < -0.3 is 9.80 Å². The van der Waals surface area contributed by atoms with E-state index in [1.165, 1.54) is 18.4 Å². The number of carbonyl (C=O) groups is 2. The normalized spacial score (nSPS) is 25.1. The molecule has 1 aromatic rings. The van der Waals surface area contributed by atoms with Crippen molar-refractivity contribution in [2.24, 2.45) is 5.92 Å². The average molecular weight is 381 g/mol. The van der Waals surface area contributed by atoms with Crippen molar-refractivity contribution in [2.75, 3.05) is 19.6 Å². The molecule has 0 spiro atoms. The third-order valence-electron chi connectivity index (χ3n) is 6.70. The van der Waals surface area contributed by atoms with Gasteiger partial charge in [0.25, 0.3) is 0 Å². The van der Waals surface area contributed by atoms with Gasteiger partial charge in [0, 0.05) is 32.1 Å². The standard InChI is InChI=1S/C24H32N2O2/c27-23(16-19-8-3-1-4-9-19)25-15-13-22-21(18-25)12-7-14-26(22)24(28)17-20-10-5-2-6-11-20/h1,3-4,8-10,21-22H,2,5-7,11-18H2/t21-,22+/m1/s1. The second kappa shape index (κ2) is 8.93. The van der Waals surface area contributed by atoms with Crippen LogP contribution in [0.25, 0.3) is 0 Å². The largest absolute Gasteiger partial charge is 0.342 e. The van der Waals surface area contributed by atoms with Crippen molar-refractivity contribution in [1.29, 1.82) is 0 Å². The number of carbonyl (C=O) groups excluding carboxylic acids is 2. The minimum Gasteiger partial charge on any atom is -0.342 e. The Hall–Kier alpha value is -2.10. The molecule has 2 heterocycles. The maximum atomic E-state index is 13.0. The molecule has 4 nitrogen and oxygen atoms in total. The quantitative estimate of drug-likeness (QED) is 0.742. The summed E-state index contributed by atoms with van der Waals surface area (Å²) in [6.45, 7) is 2.48. The lowest BCUT2D eigenvalue weighted by Gasteiger charge is -2.47. The molecule has 0 N–H and O–H groups in total. The first-order valence-electron chi connectivity index (χ1n) is 11.0. The van der Waals surface area contributed by atoms with Gasteiger partial charge in [-0.05, 0) is 56.4 Å². The highest BCUT2D eigenvalue weighted by Gasteiger charge is 2.39. The van der Waals surface area contributed by atoms with Gasteiger partial charge in [0.15, 0.2) is 0 Å². The molecule has 1 aromatic carbocycles. The molecule has 0 bridgehead atoms. The van der Waals surface area contributed by atoms with E-state index in [4.69, 9.17) is 0 Å². The number of nitrogens with zero attached hydrogens (tertiary/aromatic N) is 2. The van der Waals surface area contributed by atoms with E-state index in [-0.39, 0.29) is 5.91 Å². The van der Waals surface area contributed by atoms with Crippen LogP contribution in [0, 0.1) is 5.92 Å². The Labute approximate surface area is 168 Å². The van der Waals surface area contributed by atoms with Crippen LogP contribution in [0.5, 0.6) is 0 Å². The van der Waals surface area contributed by atoms with E-state index < -0.39 is 0 Å². The van der Waals surface area contributed by atoms with Gasteiger partial charge in [0.05, 0.1) is 6.42 Å². The molecule has 0 unspecified atom stereocenters. The van der Waals surface area contributed by atoms with E-state index >= 15 is 0 Å². The molecule has 4 rings (SSSR count). The topological polar surface area (TPSA) is 40.6 Å². The zero-order valence-electron chi connectivity index (χ0n) is 16.8. The molecular formula is C24H32N2O2. The van der Waals surface area contributed by atoms with Gasteiger partial charge in [-0.25, -0.2) is 0 Å². The van der Waals surface area contributed by atoms with Gasteiger partial charge in [-0.1, -0.05) is 42.0 Å². The number of rotatable bonds is 4. The number of likely N-dealkylation sites (tertiary alicyclic amines) is 2. The van der Waals surface area contributed by atoms with E-state index in [1.54, 1.807) is 0 Å². The van der Waals surface area contributed by atoms with Crippen LogP contribution in [-0.2, 0) is 16.0 Å². The van der Waals surface area contributed by atoms with Crippen LogP contribution in [0.15, 0.2) is 42.0 Å². The molecule has 0 saturated carbocycles. The summed E-state index contributed by atoms with van der Waals surface area (Å²) in [5.41, 5.74) is 2.42. The molecular weight excluding hydrogens is 348 g/mol. The second-order valence-corrected chi connectivity index (χ2v) is 8.63. The van der Waals surface area contributed by atoms with Crippen molar-refractivity contribution in [2.45, 2.75) is 63.8 Å². The fraction of sp³-hybridized carbons (Fsp3) is 0.583. The molecule has 150 valence electrons. The van der Waals surface area contributed by atoms with Crippen molar-refractivity contribution in [3.8, 4) is 0 Å². The van der Waals surface area contributed by atoms with Crippen LogP contribution >= 0.6 is 0 Å². The summed E-state index contributed by atoms with van der Waals surface area (Å²) >= 11 is 0. The number of benzene rings is 1. The lowest BCUT2D eigenvalue weighted by Crippen LogP contribution is -2.56. The van der Waals surface area contributed by atoms with Crippen molar-refractivity contribution >= 4 is 11.8 Å². The predicted molar refractivity (Wildman–Crippen MR) is 111 cm³/mol. The molecule has 0 aromatic heterocycles. The Bertz CT molecular complexity index is 727. The summed E-state index contributed by atoms with van der Waals surface area (Å²) in [5, 5.41) is 0. The van der Waals surface area contributed by atoms with E-state index in [0.29, 0.717) is 30.7 Å². The number of fused-ring (bicyclic) bond motifs is 1. The first kappa shape index (κ1) is 19.2. The lowest BCUT2D eigenvalue weighted by atomic mass is 9.83. The molecule has 28 heavy (non-hydrogen) atoms. The van der Waals surface area contributed by atoms with Crippen molar-refractivity contribution in [3.63, 3.8) is 0 Å². The second-order valence-electron chi connectivity index (χ2n) is 8.63. The molecule has 2 amide bonds. The van der Waals surface area contributed by atoms with E-state index in [2.05, 4.69) is 11.0 Å². The van der Waals surface area contributed by atoms with E-state index in [9.17, 15) is 9.59 Å². The van der Waals surface area contributed by atoms with Crippen LogP contribution in [0.2, 0.25) is 0 Å². The Morgan fingerprint density at radius 2 is 1.79 bits per heavy atom. The maximum Gasteiger partial charge on any atom is 0.227 e. The van der Waals surface area contributed by atoms with E-state index in [0.717, 1.165) is 57.3 Å². The summed E-state index contributed by atoms with van der Waals surface area (Å²) < 4.78 is 0. The van der Waals surface area contributed by atoms with Crippen molar-refractivity contribution in [3.05, 3.63) is 47.5 Å². The molecule has 2 saturated heterocycles. The van der Waals surface area contributed by atoms with E-state index in [1.807, 2.05) is 35.2 Å². The first-order valence-corrected chi connectivity index (χ1v) is 11.0. The highest BCUT2D eigenvalue weighted by molar-refractivity contribution is 5.80. The summed E-state index contributed by atoms with van der Waals surface area (Å²) in [6.07, 6.45) is 11.2. The molecule has 0 radical (unpaired) electrons. The first-order chi connectivity index (χ1) is 13.7. The lowest BCUT2D eigenvalue weighted by molar-refractivity contribution is -0.141. The molecule has 2 atom stereocenters. The highest BCUT2D eigenvalue weighted by atomic mass is 16.2. The highest BCUT2D eigenvalue weighted by Crippen LogP contribution is 2.32. The summed E-state index contributed by atoms with van der Waals surface area (Å²) in [5.74, 6) is 0.971. The van der Waals surface area contributed by atoms with Crippen LogP contribution in [-0.4, -0.2) is 47.3 Å². The Morgan fingerprint density at radius 1 is 0.929 bits per heavy atom. The molecule has 2 fully saturated rings. The fourth-order valence-electron chi connectivity index (χ4n) is 5.18. The average Bonchev–Trinajstić information content (AvgIpc) is 2.74. The monoisotopic (exact) mass is 380 g/mol. The van der Waals surface area contributed by atoms with Crippen molar-refractivity contribution in [1.82, 2.24) is 9.80 Å². The van der Waals surface area contributed by atoms with Crippen LogP contribution in [0.4, 0.5) is 0 Å². The van der Waals surface area contributed by atoms with Crippen LogP contribution in [0.1, 0.15) is 56.9 Å². The smallest absolute Gasteiger partial charge is 0.227 e. The molecule has 2 aliphatic heterocycles. The van der Waals surface area contributed by atoms with Gasteiger partial charge in [0.2, 0.25) is 11.8 Å². The number of hydrogen-bond acceptors (Lipinski definition) is 2. The minimum absolute atomic E-state index is 0.223. The zero-order chi connectivity index (χ0) is 19.3. The molecule has 3 aliphatic rings. The predicted octanol–water partition coefficient (Wildman–Crippen LogP) is 3.96. The fourth-order valence-corrected chi connectivity index (χ4v) is 5.18. The summed E-state index contributed by atoms with van der Waals surface area (Å²) in [7, 11) is 0. The van der Waals surface area contributed by atoms with Crippen LogP contribution < -0.4 is 0 Å². The molecule has 1 aliphatic carbocycles. The Kier molecular flexibility index (Phi) is 6.13. The number of piperidine rings is 2. The number of hydrogen-bond donors (Lipinski definition) is 0. The molecule has 4 heteroatoms. The van der Waals surface area contributed by atoms with Gasteiger partial charge in [0.1, 0.15) is 0 Å². The van der Waals surface area contributed by atoms with Gasteiger partial charge >= 0.3 is 0 Å². The van der Waals surface area contributed by atoms with Gasteiger partial charge in [-0.3, -0.25) is 9.59 Å². The zero-order valence-corrected chi connectivity index (χ0v) is 16.8. The third-order valence-corrected chi connectivity index (χ3v) is 6.70. The number of amides is 2. The third kappa shape index (κ3) is 4.48. The SMILES string of the molecule is O=C(Cc1ccccc1)N1CC[C@H]2[C@H](CCCN2C(=O)CC2=CCCCC2)C1. The van der Waals surface area contributed by atoms with Crippen LogP contribution in [0.3, 0.4) is 0 Å².